The van der Waals surface area contributed by atoms with Crippen molar-refractivity contribution in [2.45, 2.75) is 0 Å². The van der Waals surface area contributed by atoms with Gasteiger partial charge >= 0.3 is 5.97 Å². The lowest BCUT2D eigenvalue weighted by Gasteiger charge is -2.07. The van der Waals surface area contributed by atoms with Crippen LogP contribution in [0.1, 0.15) is 20.7 Å². The minimum absolute atomic E-state index is 0.202. The lowest BCUT2D eigenvalue weighted by molar-refractivity contribution is 0.0474. The van der Waals surface area contributed by atoms with Gasteiger partial charge in [0.25, 0.3) is 0 Å². The van der Waals surface area contributed by atoms with E-state index in [1.807, 2.05) is 0 Å². The zero-order valence-electron chi connectivity index (χ0n) is 11.1. The highest BCUT2D eigenvalue weighted by atomic mass is 35.5. The second-order valence-electron chi connectivity index (χ2n) is 4.37. The Morgan fingerprint density at radius 2 is 1.64 bits per heavy atom. The second-order valence-corrected chi connectivity index (χ2v) is 4.81. The molecule has 0 heterocycles. The summed E-state index contributed by atoms with van der Waals surface area (Å²) in [6, 6.07) is 8.00. The Morgan fingerprint density at radius 3 is 2.23 bits per heavy atom. The molecule has 0 aliphatic carbocycles. The molecule has 0 saturated heterocycles. The molecular formula is C15H11ClO6. The number of aromatic hydroxyl groups is 3. The molecule has 22 heavy (non-hydrogen) atoms. The molecule has 0 aliphatic rings. The zero-order valence-corrected chi connectivity index (χ0v) is 11.9. The summed E-state index contributed by atoms with van der Waals surface area (Å²) in [5.41, 5.74) is 0.0865. The molecule has 7 heteroatoms. The van der Waals surface area contributed by atoms with Crippen molar-refractivity contribution < 1.29 is 29.6 Å². The summed E-state index contributed by atoms with van der Waals surface area (Å²) < 4.78 is 4.80. The second kappa shape index (κ2) is 6.36. The molecule has 114 valence electrons. The van der Waals surface area contributed by atoms with E-state index in [1.54, 1.807) is 12.1 Å². The molecule has 2 rings (SSSR count). The molecule has 0 unspecified atom stereocenters. The van der Waals surface area contributed by atoms with Crippen molar-refractivity contribution in [3.05, 3.63) is 52.5 Å². The van der Waals surface area contributed by atoms with Gasteiger partial charge < -0.3 is 20.1 Å². The molecule has 3 N–H and O–H groups in total. The van der Waals surface area contributed by atoms with E-state index in [9.17, 15) is 24.9 Å². The quantitative estimate of drug-likeness (QED) is 0.454. The third kappa shape index (κ3) is 3.48. The maximum Gasteiger partial charge on any atom is 0.338 e. The van der Waals surface area contributed by atoms with Crippen molar-refractivity contribution in [1.82, 2.24) is 0 Å². The number of rotatable bonds is 4. The average molecular weight is 323 g/mol. The number of phenolic OH excluding ortho intramolecular Hbond substituents is 3. The van der Waals surface area contributed by atoms with Crippen LogP contribution >= 0.6 is 11.6 Å². The molecule has 2 aromatic carbocycles. The van der Waals surface area contributed by atoms with Crippen molar-refractivity contribution in [2.75, 3.05) is 6.61 Å². The summed E-state index contributed by atoms with van der Waals surface area (Å²) in [7, 11) is 0. The number of Topliss-reactive ketones (excluding diaryl/α,β-unsaturated/α-hetero) is 1. The van der Waals surface area contributed by atoms with Crippen LogP contribution in [0, 0.1) is 0 Å². The van der Waals surface area contributed by atoms with Crippen LogP contribution in [0.5, 0.6) is 17.2 Å². The molecule has 0 bridgehead atoms. The maximum atomic E-state index is 11.8. The van der Waals surface area contributed by atoms with Crippen molar-refractivity contribution in [3.8, 4) is 17.2 Å². The van der Waals surface area contributed by atoms with E-state index >= 15 is 0 Å². The number of esters is 1. The Labute approximate surface area is 130 Å². The fraction of sp³-hybridized carbons (Fsp3) is 0.0667. The smallest absolute Gasteiger partial charge is 0.338 e. The van der Waals surface area contributed by atoms with E-state index in [0.29, 0.717) is 5.02 Å². The van der Waals surface area contributed by atoms with Crippen LogP contribution in [0.25, 0.3) is 0 Å². The van der Waals surface area contributed by atoms with Crippen LogP contribution in [0.15, 0.2) is 36.4 Å². The maximum absolute atomic E-state index is 11.8. The summed E-state index contributed by atoms with van der Waals surface area (Å²) in [5, 5.41) is 28.2. The normalized spacial score (nSPS) is 10.2. The number of phenols is 3. The highest BCUT2D eigenvalue weighted by Crippen LogP contribution is 2.35. The molecule has 0 aromatic heterocycles. The highest BCUT2D eigenvalue weighted by Gasteiger charge is 2.16. The topological polar surface area (TPSA) is 104 Å². The molecule has 6 nitrogen and oxygen atoms in total. The summed E-state index contributed by atoms with van der Waals surface area (Å²) in [6.45, 7) is -0.526. The van der Waals surface area contributed by atoms with Crippen LogP contribution in [-0.4, -0.2) is 33.7 Å². The van der Waals surface area contributed by atoms with Gasteiger partial charge in [0, 0.05) is 10.6 Å². The van der Waals surface area contributed by atoms with Gasteiger partial charge in [0.1, 0.15) is 0 Å². The Bertz CT molecular complexity index is 718. The van der Waals surface area contributed by atoms with Crippen LogP contribution in [0.2, 0.25) is 5.02 Å². The molecule has 0 aliphatic heterocycles. The third-order valence-corrected chi connectivity index (χ3v) is 3.02. The van der Waals surface area contributed by atoms with Crippen molar-refractivity contribution in [1.29, 1.82) is 0 Å². The third-order valence-electron chi connectivity index (χ3n) is 2.79. The first kappa shape index (κ1) is 15.7. The summed E-state index contributed by atoms with van der Waals surface area (Å²) in [5.74, 6) is -3.48. The summed E-state index contributed by atoms with van der Waals surface area (Å²) in [6.07, 6.45) is 0. The molecular weight excluding hydrogens is 312 g/mol. The number of ketones is 1. The van der Waals surface area contributed by atoms with E-state index in [1.165, 1.54) is 12.1 Å². The van der Waals surface area contributed by atoms with Gasteiger partial charge in [-0.15, -0.1) is 0 Å². The van der Waals surface area contributed by atoms with Crippen LogP contribution in [0.3, 0.4) is 0 Å². The van der Waals surface area contributed by atoms with Crippen molar-refractivity contribution >= 4 is 23.4 Å². The Hall–Kier alpha value is -2.73. The monoisotopic (exact) mass is 322 g/mol. The fourth-order valence-corrected chi connectivity index (χ4v) is 1.87. The van der Waals surface area contributed by atoms with Gasteiger partial charge in [-0.3, -0.25) is 4.79 Å². The molecule has 0 amide bonds. The molecule has 0 saturated carbocycles. The predicted octanol–water partition coefficient (Wildman–Crippen LogP) is 2.50. The van der Waals surface area contributed by atoms with Gasteiger partial charge in [-0.2, -0.15) is 0 Å². The molecule has 0 spiro atoms. The van der Waals surface area contributed by atoms with Crippen LogP contribution in [-0.2, 0) is 4.74 Å². The minimum Gasteiger partial charge on any atom is -0.504 e. The highest BCUT2D eigenvalue weighted by molar-refractivity contribution is 6.31. The van der Waals surface area contributed by atoms with Crippen LogP contribution in [0.4, 0.5) is 0 Å². The Morgan fingerprint density at radius 1 is 1.00 bits per heavy atom. The van der Waals surface area contributed by atoms with Crippen molar-refractivity contribution in [3.63, 3.8) is 0 Å². The fourth-order valence-electron chi connectivity index (χ4n) is 1.68. The van der Waals surface area contributed by atoms with E-state index in [0.717, 1.165) is 12.1 Å². The number of carbonyl (C=O) groups excluding carboxylic acids is 2. The number of benzene rings is 2. The van der Waals surface area contributed by atoms with Crippen molar-refractivity contribution in [2.24, 2.45) is 0 Å². The van der Waals surface area contributed by atoms with Gasteiger partial charge in [-0.05, 0) is 24.3 Å². The first-order valence-electron chi connectivity index (χ1n) is 6.09. The van der Waals surface area contributed by atoms with Gasteiger partial charge in [-0.1, -0.05) is 23.7 Å². The molecule has 0 fully saturated rings. The van der Waals surface area contributed by atoms with E-state index in [2.05, 4.69) is 0 Å². The van der Waals surface area contributed by atoms with E-state index in [4.69, 9.17) is 16.3 Å². The number of hydrogen-bond donors (Lipinski definition) is 3. The first-order valence-corrected chi connectivity index (χ1v) is 6.47. The van der Waals surface area contributed by atoms with Gasteiger partial charge in [-0.25, -0.2) is 4.79 Å². The lowest BCUT2D eigenvalue weighted by Crippen LogP contribution is -2.14. The Balaban J connectivity index is 2.05. The standard InChI is InChI=1S/C15H11ClO6/c16-10-3-1-2-8(4-10)13(19)7-22-15(21)9-5-11(17)14(20)12(18)6-9/h1-6,17-18,20H,7H2. The zero-order chi connectivity index (χ0) is 16.3. The SMILES string of the molecule is O=C(COC(=O)c1cc(O)c(O)c(O)c1)c1cccc(Cl)c1. The van der Waals surface area contributed by atoms with Gasteiger partial charge in [0.2, 0.25) is 0 Å². The molecule has 0 atom stereocenters. The molecule has 2 aromatic rings. The molecule has 0 radical (unpaired) electrons. The number of ether oxygens (including phenoxy) is 1. The minimum atomic E-state index is -0.930. The summed E-state index contributed by atoms with van der Waals surface area (Å²) >= 11 is 5.76. The van der Waals surface area contributed by atoms with Gasteiger partial charge in [0.05, 0.1) is 5.56 Å². The summed E-state index contributed by atoms with van der Waals surface area (Å²) in [4.78, 5) is 23.6. The largest absolute Gasteiger partial charge is 0.504 e. The first-order chi connectivity index (χ1) is 10.4. The van der Waals surface area contributed by atoms with E-state index in [-0.39, 0.29) is 11.1 Å². The van der Waals surface area contributed by atoms with Gasteiger partial charge in [0.15, 0.2) is 29.6 Å². The average Bonchev–Trinajstić information content (AvgIpc) is 2.49. The number of hydrogen-bond acceptors (Lipinski definition) is 6. The Kier molecular flexibility index (Phi) is 4.53. The number of carbonyl (C=O) groups is 2. The number of halogens is 1. The lowest BCUT2D eigenvalue weighted by atomic mass is 10.1. The predicted molar refractivity (Wildman–Crippen MR) is 77.5 cm³/mol. The van der Waals surface area contributed by atoms with E-state index < -0.39 is 35.6 Å². The van der Waals surface area contributed by atoms with Crippen LogP contribution < -0.4 is 0 Å².